The second-order valence-electron chi connectivity index (χ2n) is 5.94. The van der Waals surface area contributed by atoms with Gasteiger partial charge in [0.1, 0.15) is 0 Å². The summed E-state index contributed by atoms with van der Waals surface area (Å²) >= 11 is 0. The summed E-state index contributed by atoms with van der Waals surface area (Å²) < 4.78 is 1.82. The molecule has 0 aliphatic heterocycles. The van der Waals surface area contributed by atoms with Crippen molar-refractivity contribution in [2.24, 2.45) is 0 Å². The quantitative estimate of drug-likeness (QED) is 0.758. The summed E-state index contributed by atoms with van der Waals surface area (Å²) in [7, 11) is 0. The Morgan fingerprint density at radius 1 is 1.04 bits per heavy atom. The summed E-state index contributed by atoms with van der Waals surface area (Å²) in [6, 6.07) is 20.3. The van der Waals surface area contributed by atoms with Crippen molar-refractivity contribution in [3.05, 3.63) is 78.6 Å². The minimum atomic E-state index is 0.0297. The van der Waals surface area contributed by atoms with Gasteiger partial charge in [-0.2, -0.15) is 5.10 Å². The zero-order chi connectivity index (χ0) is 16.8. The Balaban J connectivity index is 1.54. The first-order chi connectivity index (χ1) is 11.7. The van der Waals surface area contributed by atoms with Crippen molar-refractivity contribution >= 4 is 5.91 Å². The molecule has 122 valence electrons. The summed E-state index contributed by atoms with van der Waals surface area (Å²) in [6.45, 7) is 2.66. The van der Waals surface area contributed by atoms with Gasteiger partial charge in [0.05, 0.1) is 13.0 Å². The van der Waals surface area contributed by atoms with Crippen molar-refractivity contribution in [2.75, 3.05) is 0 Å². The molecule has 1 amide bonds. The maximum atomic E-state index is 12.2. The van der Waals surface area contributed by atoms with Gasteiger partial charge in [0.2, 0.25) is 5.91 Å². The predicted octanol–water partition coefficient (Wildman–Crippen LogP) is 3.30. The van der Waals surface area contributed by atoms with Crippen molar-refractivity contribution in [3.8, 4) is 11.1 Å². The lowest BCUT2D eigenvalue weighted by molar-refractivity contribution is -0.121. The van der Waals surface area contributed by atoms with Gasteiger partial charge in [-0.3, -0.25) is 9.48 Å². The van der Waals surface area contributed by atoms with Gasteiger partial charge in [0, 0.05) is 18.4 Å². The molecule has 1 atom stereocenters. The summed E-state index contributed by atoms with van der Waals surface area (Å²) in [4.78, 5) is 12.2. The van der Waals surface area contributed by atoms with Crippen LogP contribution in [0.15, 0.2) is 73.1 Å². The molecule has 3 aromatic rings. The fraction of sp³-hybridized carbons (Fsp3) is 0.200. The van der Waals surface area contributed by atoms with Crippen LogP contribution in [-0.2, 0) is 17.8 Å². The molecule has 0 saturated carbocycles. The number of carbonyl (C=O) groups is 1. The van der Waals surface area contributed by atoms with Crippen LogP contribution < -0.4 is 5.32 Å². The van der Waals surface area contributed by atoms with Gasteiger partial charge in [-0.15, -0.1) is 0 Å². The summed E-state index contributed by atoms with van der Waals surface area (Å²) in [6.07, 6.45) is 4.02. The van der Waals surface area contributed by atoms with E-state index in [9.17, 15) is 4.79 Å². The molecular weight excluding hydrogens is 298 g/mol. The molecule has 24 heavy (non-hydrogen) atoms. The van der Waals surface area contributed by atoms with Gasteiger partial charge in [0.25, 0.3) is 0 Å². The third-order valence-electron chi connectivity index (χ3n) is 3.85. The lowest BCUT2D eigenvalue weighted by Gasteiger charge is -2.14. The Morgan fingerprint density at radius 3 is 2.42 bits per heavy atom. The summed E-state index contributed by atoms with van der Waals surface area (Å²) in [5.74, 6) is 0.0297. The Labute approximate surface area is 142 Å². The number of hydrogen-bond donors (Lipinski definition) is 1. The normalized spacial score (nSPS) is 11.9. The molecule has 4 nitrogen and oxygen atoms in total. The number of nitrogens with one attached hydrogen (secondary N) is 1. The van der Waals surface area contributed by atoms with Crippen LogP contribution in [0.25, 0.3) is 11.1 Å². The van der Waals surface area contributed by atoms with E-state index in [0.29, 0.717) is 13.0 Å². The van der Waals surface area contributed by atoms with Crippen LogP contribution in [0.3, 0.4) is 0 Å². The molecule has 0 aliphatic rings. The largest absolute Gasteiger partial charge is 0.351 e. The maximum absolute atomic E-state index is 12.2. The minimum Gasteiger partial charge on any atom is -0.351 e. The number of carbonyl (C=O) groups excluding carboxylic acids is 1. The van der Waals surface area contributed by atoms with Gasteiger partial charge in [0.15, 0.2) is 0 Å². The van der Waals surface area contributed by atoms with Crippen LogP contribution in [0.4, 0.5) is 0 Å². The first kappa shape index (κ1) is 16.0. The fourth-order valence-electron chi connectivity index (χ4n) is 2.69. The van der Waals surface area contributed by atoms with E-state index < -0.39 is 0 Å². The summed E-state index contributed by atoms with van der Waals surface area (Å²) in [5, 5.41) is 7.16. The highest BCUT2D eigenvalue weighted by Crippen LogP contribution is 2.19. The van der Waals surface area contributed by atoms with Gasteiger partial charge < -0.3 is 5.32 Å². The number of rotatable bonds is 6. The zero-order valence-electron chi connectivity index (χ0n) is 13.7. The van der Waals surface area contributed by atoms with Crippen LogP contribution >= 0.6 is 0 Å². The number of amides is 1. The maximum Gasteiger partial charge on any atom is 0.224 e. The van der Waals surface area contributed by atoms with E-state index in [2.05, 4.69) is 34.7 Å². The van der Waals surface area contributed by atoms with E-state index in [4.69, 9.17) is 0 Å². The SMILES string of the molecule is C[C@@H](Cn1cccn1)NC(=O)Cc1ccc(-c2ccccc2)cc1. The molecule has 0 aliphatic carbocycles. The fourth-order valence-corrected chi connectivity index (χ4v) is 2.69. The number of nitrogens with zero attached hydrogens (tertiary/aromatic N) is 2. The Bertz CT molecular complexity index is 764. The van der Waals surface area contributed by atoms with Crippen molar-refractivity contribution < 1.29 is 4.79 Å². The van der Waals surface area contributed by atoms with Crippen LogP contribution in [0.1, 0.15) is 12.5 Å². The summed E-state index contributed by atoms with van der Waals surface area (Å²) in [5.41, 5.74) is 3.35. The lowest BCUT2D eigenvalue weighted by Crippen LogP contribution is -2.36. The minimum absolute atomic E-state index is 0.0297. The highest BCUT2D eigenvalue weighted by Gasteiger charge is 2.09. The molecule has 0 spiro atoms. The van der Waals surface area contributed by atoms with Crippen molar-refractivity contribution in [3.63, 3.8) is 0 Å². The highest BCUT2D eigenvalue weighted by atomic mass is 16.1. The molecule has 4 heteroatoms. The van der Waals surface area contributed by atoms with Gasteiger partial charge in [-0.1, -0.05) is 54.6 Å². The van der Waals surface area contributed by atoms with E-state index >= 15 is 0 Å². The van der Waals surface area contributed by atoms with E-state index in [0.717, 1.165) is 11.1 Å². The third-order valence-corrected chi connectivity index (χ3v) is 3.85. The lowest BCUT2D eigenvalue weighted by atomic mass is 10.0. The molecule has 0 bridgehead atoms. The molecule has 2 aromatic carbocycles. The Hall–Kier alpha value is -2.88. The molecule has 1 N–H and O–H groups in total. The van der Waals surface area contributed by atoms with Crippen molar-refractivity contribution in [2.45, 2.75) is 25.9 Å². The topological polar surface area (TPSA) is 46.9 Å². The zero-order valence-corrected chi connectivity index (χ0v) is 13.7. The molecule has 3 rings (SSSR count). The Kier molecular flexibility index (Phi) is 5.06. The highest BCUT2D eigenvalue weighted by molar-refractivity contribution is 5.79. The van der Waals surface area contributed by atoms with Crippen LogP contribution in [0, 0.1) is 0 Å². The van der Waals surface area contributed by atoms with Crippen LogP contribution in [0.2, 0.25) is 0 Å². The Morgan fingerprint density at radius 2 is 1.75 bits per heavy atom. The molecular formula is C20H21N3O. The van der Waals surface area contributed by atoms with E-state index in [1.54, 1.807) is 6.20 Å². The second kappa shape index (κ2) is 7.59. The predicted molar refractivity (Wildman–Crippen MR) is 95.4 cm³/mol. The molecule has 1 heterocycles. The smallest absolute Gasteiger partial charge is 0.224 e. The van der Waals surface area contributed by atoms with Gasteiger partial charge in [-0.05, 0) is 29.7 Å². The third kappa shape index (κ3) is 4.32. The monoisotopic (exact) mass is 319 g/mol. The first-order valence-electron chi connectivity index (χ1n) is 8.12. The first-order valence-corrected chi connectivity index (χ1v) is 8.12. The average Bonchev–Trinajstić information content (AvgIpc) is 3.09. The van der Waals surface area contributed by atoms with Crippen LogP contribution in [0.5, 0.6) is 0 Å². The number of benzene rings is 2. The van der Waals surface area contributed by atoms with Crippen LogP contribution in [-0.4, -0.2) is 21.7 Å². The van der Waals surface area contributed by atoms with Crippen molar-refractivity contribution in [1.29, 1.82) is 0 Å². The molecule has 0 unspecified atom stereocenters. The molecule has 0 radical (unpaired) electrons. The molecule has 1 aromatic heterocycles. The van der Waals surface area contributed by atoms with E-state index in [1.165, 1.54) is 5.56 Å². The van der Waals surface area contributed by atoms with Gasteiger partial charge >= 0.3 is 0 Å². The molecule has 0 saturated heterocycles. The van der Waals surface area contributed by atoms with E-state index in [-0.39, 0.29) is 11.9 Å². The van der Waals surface area contributed by atoms with E-state index in [1.807, 2.05) is 54.2 Å². The average molecular weight is 319 g/mol. The number of aromatic nitrogens is 2. The standard InChI is InChI=1S/C20H21N3O/c1-16(15-23-13-5-12-21-23)22-20(24)14-17-8-10-19(11-9-17)18-6-3-2-4-7-18/h2-13,16H,14-15H2,1H3,(H,22,24)/t16-/m0/s1. The van der Waals surface area contributed by atoms with Crippen molar-refractivity contribution in [1.82, 2.24) is 15.1 Å². The molecule has 0 fully saturated rings. The second-order valence-corrected chi connectivity index (χ2v) is 5.94. The van der Waals surface area contributed by atoms with Gasteiger partial charge in [-0.25, -0.2) is 0 Å². The number of hydrogen-bond acceptors (Lipinski definition) is 2.